The van der Waals surface area contributed by atoms with E-state index >= 15 is 0 Å². The van der Waals surface area contributed by atoms with E-state index < -0.39 is 0 Å². The number of benzene rings is 1. The molecular weight excluding hydrogens is 343 g/mol. The van der Waals surface area contributed by atoms with E-state index in [0.29, 0.717) is 17.0 Å². The molecule has 0 aliphatic rings. The summed E-state index contributed by atoms with van der Waals surface area (Å²) in [6.07, 6.45) is 0. The maximum absolute atomic E-state index is 5.92. The van der Waals surface area contributed by atoms with Gasteiger partial charge in [-0.1, -0.05) is 39.1 Å². The van der Waals surface area contributed by atoms with E-state index in [4.69, 9.17) is 27.9 Å². The number of halogens is 3. The SMILES string of the molecule is Clc1ccc(OCc2ccc(Cl)s2)c(CBr)c1. The van der Waals surface area contributed by atoms with E-state index in [2.05, 4.69) is 15.9 Å². The van der Waals surface area contributed by atoms with E-state index in [1.807, 2.05) is 30.3 Å². The summed E-state index contributed by atoms with van der Waals surface area (Å²) >= 11 is 16.7. The first-order valence-electron chi connectivity index (χ1n) is 4.90. The van der Waals surface area contributed by atoms with E-state index in [1.54, 1.807) is 0 Å². The molecular formula is C12H9BrCl2OS. The van der Waals surface area contributed by atoms with Crippen molar-refractivity contribution in [3.05, 3.63) is 50.1 Å². The molecule has 0 fully saturated rings. The number of ether oxygens (including phenoxy) is 1. The summed E-state index contributed by atoms with van der Waals surface area (Å²) in [5.74, 6) is 0.843. The number of hydrogen-bond donors (Lipinski definition) is 0. The van der Waals surface area contributed by atoms with Gasteiger partial charge >= 0.3 is 0 Å². The van der Waals surface area contributed by atoms with Crippen LogP contribution in [0.25, 0.3) is 0 Å². The normalized spacial score (nSPS) is 10.5. The molecule has 17 heavy (non-hydrogen) atoms. The molecule has 90 valence electrons. The summed E-state index contributed by atoms with van der Waals surface area (Å²) in [4.78, 5) is 1.10. The Hall–Kier alpha value is -0.220. The van der Waals surface area contributed by atoms with Gasteiger partial charge < -0.3 is 4.74 Å². The second kappa shape index (κ2) is 6.10. The van der Waals surface area contributed by atoms with Crippen LogP contribution in [0.3, 0.4) is 0 Å². The molecule has 0 aliphatic carbocycles. The number of thiophene rings is 1. The van der Waals surface area contributed by atoms with Crippen molar-refractivity contribution in [3.63, 3.8) is 0 Å². The molecule has 1 heterocycles. The molecule has 1 aromatic carbocycles. The van der Waals surface area contributed by atoms with Crippen LogP contribution in [0.4, 0.5) is 0 Å². The Kier molecular flexibility index (Phi) is 4.74. The Labute approximate surface area is 122 Å². The van der Waals surface area contributed by atoms with Gasteiger partial charge in [-0.2, -0.15) is 0 Å². The van der Waals surface area contributed by atoms with Crippen LogP contribution < -0.4 is 4.74 Å². The molecule has 0 saturated heterocycles. The first-order valence-corrected chi connectivity index (χ1v) is 7.60. The van der Waals surface area contributed by atoms with Crippen molar-refractivity contribution in [2.45, 2.75) is 11.9 Å². The Balaban J connectivity index is 2.08. The summed E-state index contributed by atoms with van der Waals surface area (Å²) in [6, 6.07) is 9.44. The third-order valence-electron chi connectivity index (χ3n) is 2.17. The van der Waals surface area contributed by atoms with Gasteiger partial charge in [0, 0.05) is 20.8 Å². The zero-order chi connectivity index (χ0) is 12.3. The molecule has 1 nitrogen and oxygen atoms in total. The standard InChI is InChI=1S/C12H9BrCl2OS/c13-6-8-5-9(14)1-3-11(8)16-7-10-2-4-12(15)17-10/h1-5H,6-7H2. The molecule has 2 aromatic rings. The molecule has 0 N–H and O–H groups in total. The predicted octanol–water partition coefficient (Wildman–Crippen LogP) is 5.53. The molecule has 2 rings (SSSR count). The molecule has 0 amide bonds. The van der Waals surface area contributed by atoms with Crippen molar-refractivity contribution >= 4 is 50.5 Å². The minimum Gasteiger partial charge on any atom is -0.488 e. The molecule has 0 aliphatic heterocycles. The Morgan fingerprint density at radius 1 is 1.18 bits per heavy atom. The first kappa shape index (κ1) is 13.2. The Morgan fingerprint density at radius 2 is 2.00 bits per heavy atom. The van der Waals surface area contributed by atoms with Crippen molar-refractivity contribution in [2.75, 3.05) is 0 Å². The quantitative estimate of drug-likeness (QED) is 0.658. The summed E-state index contributed by atoms with van der Waals surface area (Å²) in [7, 11) is 0. The van der Waals surface area contributed by atoms with E-state index in [0.717, 1.165) is 20.5 Å². The zero-order valence-corrected chi connectivity index (χ0v) is 12.7. The third kappa shape index (κ3) is 3.62. The largest absolute Gasteiger partial charge is 0.488 e. The second-order valence-corrected chi connectivity index (χ2v) is 6.18. The van der Waals surface area contributed by atoms with Crippen molar-refractivity contribution in [1.29, 1.82) is 0 Å². The minimum atomic E-state index is 0.527. The molecule has 0 unspecified atom stereocenters. The van der Waals surface area contributed by atoms with Crippen molar-refractivity contribution in [2.24, 2.45) is 0 Å². The summed E-state index contributed by atoms with van der Waals surface area (Å²) in [5.41, 5.74) is 1.04. The molecule has 0 radical (unpaired) electrons. The number of hydrogen-bond acceptors (Lipinski definition) is 2. The highest BCUT2D eigenvalue weighted by Gasteiger charge is 2.05. The molecule has 1 aromatic heterocycles. The highest BCUT2D eigenvalue weighted by Crippen LogP contribution is 2.27. The van der Waals surface area contributed by atoms with Crippen LogP contribution in [0.2, 0.25) is 9.36 Å². The van der Waals surface area contributed by atoms with E-state index in [9.17, 15) is 0 Å². The average Bonchev–Trinajstić information content (AvgIpc) is 2.73. The average molecular weight is 352 g/mol. The summed E-state index contributed by atoms with van der Waals surface area (Å²) in [6.45, 7) is 0.527. The van der Waals surface area contributed by atoms with Gasteiger partial charge in [-0.15, -0.1) is 11.3 Å². The van der Waals surface area contributed by atoms with Gasteiger partial charge in [-0.05, 0) is 30.3 Å². The number of alkyl halides is 1. The van der Waals surface area contributed by atoms with Crippen molar-refractivity contribution < 1.29 is 4.74 Å². The van der Waals surface area contributed by atoms with Gasteiger partial charge in [0.15, 0.2) is 0 Å². The van der Waals surface area contributed by atoms with Gasteiger partial charge in [-0.3, -0.25) is 0 Å². The maximum Gasteiger partial charge on any atom is 0.123 e. The van der Waals surface area contributed by atoms with Gasteiger partial charge in [0.25, 0.3) is 0 Å². The van der Waals surface area contributed by atoms with Gasteiger partial charge in [0.05, 0.1) is 4.34 Å². The van der Waals surface area contributed by atoms with Crippen LogP contribution >= 0.6 is 50.5 Å². The lowest BCUT2D eigenvalue weighted by atomic mass is 10.2. The fourth-order valence-electron chi connectivity index (χ4n) is 1.37. The fourth-order valence-corrected chi connectivity index (χ4v) is 3.01. The van der Waals surface area contributed by atoms with Gasteiger partial charge in [0.2, 0.25) is 0 Å². The van der Waals surface area contributed by atoms with Crippen LogP contribution in [-0.4, -0.2) is 0 Å². The Bertz CT molecular complexity index is 513. The van der Waals surface area contributed by atoms with Crippen LogP contribution in [0.5, 0.6) is 5.75 Å². The zero-order valence-electron chi connectivity index (χ0n) is 8.75. The molecule has 0 atom stereocenters. The van der Waals surface area contributed by atoms with Gasteiger partial charge in [0.1, 0.15) is 12.4 Å². The second-order valence-electron chi connectivity index (χ2n) is 3.38. The third-order valence-corrected chi connectivity index (χ3v) is 4.21. The predicted molar refractivity (Wildman–Crippen MR) is 77.7 cm³/mol. The minimum absolute atomic E-state index is 0.527. The smallest absolute Gasteiger partial charge is 0.123 e. The van der Waals surface area contributed by atoms with E-state index in [-0.39, 0.29) is 0 Å². The monoisotopic (exact) mass is 350 g/mol. The molecule has 5 heteroatoms. The lowest BCUT2D eigenvalue weighted by Gasteiger charge is -2.09. The molecule has 0 saturated carbocycles. The lowest BCUT2D eigenvalue weighted by molar-refractivity contribution is 0.307. The highest BCUT2D eigenvalue weighted by molar-refractivity contribution is 9.08. The van der Waals surface area contributed by atoms with Crippen molar-refractivity contribution in [3.8, 4) is 5.75 Å². The summed E-state index contributed by atoms with van der Waals surface area (Å²) < 4.78 is 6.52. The van der Waals surface area contributed by atoms with E-state index in [1.165, 1.54) is 11.3 Å². The molecule has 0 spiro atoms. The van der Waals surface area contributed by atoms with Gasteiger partial charge in [-0.25, -0.2) is 0 Å². The first-order chi connectivity index (χ1) is 8.19. The lowest BCUT2D eigenvalue weighted by Crippen LogP contribution is -1.95. The highest BCUT2D eigenvalue weighted by atomic mass is 79.9. The molecule has 0 bridgehead atoms. The van der Waals surface area contributed by atoms with Crippen LogP contribution in [0.1, 0.15) is 10.4 Å². The fraction of sp³-hybridized carbons (Fsp3) is 0.167. The van der Waals surface area contributed by atoms with Crippen LogP contribution in [0, 0.1) is 0 Å². The topological polar surface area (TPSA) is 9.23 Å². The van der Waals surface area contributed by atoms with Crippen molar-refractivity contribution in [1.82, 2.24) is 0 Å². The van der Waals surface area contributed by atoms with Crippen LogP contribution in [0.15, 0.2) is 30.3 Å². The van der Waals surface area contributed by atoms with Crippen LogP contribution in [-0.2, 0) is 11.9 Å². The number of rotatable bonds is 4. The maximum atomic E-state index is 5.92. The Morgan fingerprint density at radius 3 is 2.65 bits per heavy atom. The summed E-state index contributed by atoms with van der Waals surface area (Å²) in [5, 5.41) is 1.43.